The van der Waals surface area contributed by atoms with Gasteiger partial charge in [0.2, 0.25) is 5.91 Å². The molecular formula is C17H19NO3S. The number of phenolic OH excluding ortho intramolecular Hbond substituents is 2. The second-order valence-electron chi connectivity index (χ2n) is 5.15. The maximum Gasteiger partial charge on any atom is 0.227 e. The summed E-state index contributed by atoms with van der Waals surface area (Å²) in [5.74, 6) is -0.653. The molecule has 0 bridgehead atoms. The van der Waals surface area contributed by atoms with Crippen molar-refractivity contribution in [3.05, 3.63) is 48.0 Å². The Bertz CT molecular complexity index is 673. The highest BCUT2D eigenvalue weighted by Gasteiger charge is 2.15. The summed E-state index contributed by atoms with van der Waals surface area (Å²) in [6.45, 7) is 1.83. The first-order chi connectivity index (χ1) is 10.5. The molecule has 0 aliphatic carbocycles. The van der Waals surface area contributed by atoms with E-state index in [1.54, 1.807) is 17.8 Å². The number of carbonyl (C=O) groups is 1. The van der Waals surface area contributed by atoms with Crippen LogP contribution in [0.5, 0.6) is 11.5 Å². The summed E-state index contributed by atoms with van der Waals surface area (Å²) < 4.78 is 0. The van der Waals surface area contributed by atoms with E-state index in [0.717, 1.165) is 16.1 Å². The van der Waals surface area contributed by atoms with E-state index in [4.69, 9.17) is 0 Å². The SMILES string of the molecule is CSc1cccc(NC(=O)C(C)Cc2ccc(O)c(O)c2)c1. The molecule has 1 unspecified atom stereocenters. The summed E-state index contributed by atoms with van der Waals surface area (Å²) >= 11 is 1.62. The lowest BCUT2D eigenvalue weighted by Crippen LogP contribution is -2.22. The topological polar surface area (TPSA) is 69.6 Å². The first-order valence-corrected chi connectivity index (χ1v) is 8.18. The minimum absolute atomic E-state index is 0.0779. The third kappa shape index (κ3) is 4.18. The first-order valence-electron chi connectivity index (χ1n) is 6.95. The van der Waals surface area contributed by atoms with E-state index in [-0.39, 0.29) is 23.3 Å². The largest absolute Gasteiger partial charge is 0.504 e. The molecule has 0 saturated carbocycles. The lowest BCUT2D eigenvalue weighted by atomic mass is 10.00. The number of thioether (sulfide) groups is 1. The lowest BCUT2D eigenvalue weighted by Gasteiger charge is -2.13. The molecule has 0 radical (unpaired) electrons. The third-order valence-electron chi connectivity index (χ3n) is 3.37. The van der Waals surface area contributed by atoms with Gasteiger partial charge in [0.05, 0.1) is 0 Å². The van der Waals surface area contributed by atoms with Crippen molar-refractivity contribution >= 4 is 23.4 Å². The van der Waals surface area contributed by atoms with Gasteiger partial charge < -0.3 is 15.5 Å². The molecule has 0 fully saturated rings. The van der Waals surface area contributed by atoms with Crippen molar-refractivity contribution in [3.8, 4) is 11.5 Å². The highest BCUT2D eigenvalue weighted by Crippen LogP contribution is 2.26. The van der Waals surface area contributed by atoms with Crippen molar-refractivity contribution in [2.24, 2.45) is 5.92 Å². The number of hydrogen-bond donors (Lipinski definition) is 3. The number of rotatable bonds is 5. The molecule has 4 nitrogen and oxygen atoms in total. The van der Waals surface area contributed by atoms with Gasteiger partial charge in [0.1, 0.15) is 0 Å². The number of hydrogen-bond acceptors (Lipinski definition) is 4. The van der Waals surface area contributed by atoms with Crippen LogP contribution in [0, 0.1) is 5.92 Å². The van der Waals surface area contributed by atoms with Gasteiger partial charge in [-0.2, -0.15) is 0 Å². The predicted molar refractivity (Wildman–Crippen MR) is 89.5 cm³/mol. The van der Waals surface area contributed by atoms with Gasteiger partial charge in [-0.05, 0) is 48.6 Å². The summed E-state index contributed by atoms with van der Waals surface area (Å²) in [5.41, 5.74) is 1.58. The van der Waals surface area contributed by atoms with Crippen LogP contribution in [0.3, 0.4) is 0 Å². The second kappa shape index (κ2) is 7.22. The summed E-state index contributed by atoms with van der Waals surface area (Å²) in [5, 5.41) is 21.7. The molecule has 2 rings (SSSR count). The molecular weight excluding hydrogens is 298 g/mol. The molecule has 2 aromatic rings. The van der Waals surface area contributed by atoms with E-state index >= 15 is 0 Å². The molecule has 5 heteroatoms. The van der Waals surface area contributed by atoms with Gasteiger partial charge in [-0.15, -0.1) is 11.8 Å². The standard InChI is InChI=1S/C17H19NO3S/c1-11(8-12-6-7-15(19)16(20)9-12)17(21)18-13-4-3-5-14(10-13)22-2/h3-7,9-11,19-20H,8H2,1-2H3,(H,18,21). The quantitative estimate of drug-likeness (QED) is 0.582. The van der Waals surface area contributed by atoms with Gasteiger partial charge in [0.15, 0.2) is 11.5 Å². The predicted octanol–water partition coefficient (Wildman–Crippen LogP) is 3.64. The van der Waals surface area contributed by atoms with E-state index < -0.39 is 0 Å². The van der Waals surface area contributed by atoms with Crippen LogP contribution in [0.4, 0.5) is 5.69 Å². The fourth-order valence-electron chi connectivity index (χ4n) is 2.11. The van der Waals surface area contributed by atoms with Crippen LogP contribution < -0.4 is 5.32 Å². The lowest BCUT2D eigenvalue weighted by molar-refractivity contribution is -0.119. The number of benzene rings is 2. The van der Waals surface area contributed by atoms with Gasteiger partial charge >= 0.3 is 0 Å². The number of amides is 1. The van der Waals surface area contributed by atoms with Crippen LogP contribution in [-0.4, -0.2) is 22.4 Å². The maximum absolute atomic E-state index is 12.2. The zero-order chi connectivity index (χ0) is 16.1. The maximum atomic E-state index is 12.2. The van der Waals surface area contributed by atoms with Gasteiger partial charge in [0, 0.05) is 16.5 Å². The number of nitrogens with one attached hydrogen (secondary N) is 1. The number of phenols is 2. The van der Waals surface area contributed by atoms with Crippen molar-refractivity contribution < 1.29 is 15.0 Å². The molecule has 0 heterocycles. The molecule has 116 valence electrons. The number of carbonyl (C=O) groups excluding carboxylic acids is 1. The zero-order valence-electron chi connectivity index (χ0n) is 12.5. The Morgan fingerprint density at radius 1 is 1.18 bits per heavy atom. The van der Waals surface area contributed by atoms with Gasteiger partial charge in [0.25, 0.3) is 0 Å². The molecule has 22 heavy (non-hydrogen) atoms. The Hall–Kier alpha value is -2.14. The van der Waals surface area contributed by atoms with Crippen molar-refractivity contribution in [1.82, 2.24) is 0 Å². The fraction of sp³-hybridized carbons (Fsp3) is 0.235. The molecule has 0 aromatic heterocycles. The highest BCUT2D eigenvalue weighted by molar-refractivity contribution is 7.98. The van der Waals surface area contributed by atoms with Crippen LogP contribution in [0.15, 0.2) is 47.4 Å². The van der Waals surface area contributed by atoms with Crippen LogP contribution in [0.25, 0.3) is 0 Å². The fourth-order valence-corrected chi connectivity index (χ4v) is 2.57. The Balaban J connectivity index is 2.00. The molecule has 0 aliphatic rings. The molecule has 1 amide bonds. The van der Waals surface area contributed by atoms with Gasteiger partial charge in [-0.25, -0.2) is 0 Å². The summed E-state index contributed by atoms with van der Waals surface area (Å²) in [6, 6.07) is 12.3. The second-order valence-corrected chi connectivity index (χ2v) is 6.03. The van der Waals surface area contributed by atoms with Crippen LogP contribution in [0.1, 0.15) is 12.5 Å². The summed E-state index contributed by atoms with van der Waals surface area (Å²) in [6.07, 6.45) is 2.47. The molecule has 1 atom stereocenters. The molecule has 3 N–H and O–H groups in total. The molecule has 0 aliphatic heterocycles. The monoisotopic (exact) mass is 317 g/mol. The third-order valence-corrected chi connectivity index (χ3v) is 4.09. The zero-order valence-corrected chi connectivity index (χ0v) is 13.4. The van der Waals surface area contributed by atoms with E-state index in [1.165, 1.54) is 12.1 Å². The molecule has 2 aromatic carbocycles. The average molecular weight is 317 g/mol. The van der Waals surface area contributed by atoms with Crippen LogP contribution >= 0.6 is 11.8 Å². The van der Waals surface area contributed by atoms with Crippen molar-refractivity contribution in [2.45, 2.75) is 18.2 Å². The van der Waals surface area contributed by atoms with Crippen molar-refractivity contribution in [2.75, 3.05) is 11.6 Å². The number of aromatic hydroxyl groups is 2. The smallest absolute Gasteiger partial charge is 0.227 e. The van der Waals surface area contributed by atoms with Crippen molar-refractivity contribution in [3.63, 3.8) is 0 Å². The Kier molecular flexibility index (Phi) is 5.33. The van der Waals surface area contributed by atoms with Gasteiger partial charge in [-0.1, -0.05) is 19.1 Å². The Morgan fingerprint density at radius 2 is 1.95 bits per heavy atom. The molecule has 0 saturated heterocycles. The minimum atomic E-state index is -0.248. The average Bonchev–Trinajstić information content (AvgIpc) is 2.51. The molecule has 0 spiro atoms. The minimum Gasteiger partial charge on any atom is -0.504 e. The van der Waals surface area contributed by atoms with E-state index in [9.17, 15) is 15.0 Å². The summed E-state index contributed by atoms with van der Waals surface area (Å²) in [4.78, 5) is 13.3. The van der Waals surface area contributed by atoms with Crippen molar-refractivity contribution in [1.29, 1.82) is 0 Å². The Labute approximate surface area is 134 Å². The van der Waals surface area contributed by atoms with E-state index in [2.05, 4.69) is 5.32 Å². The highest BCUT2D eigenvalue weighted by atomic mass is 32.2. The summed E-state index contributed by atoms with van der Waals surface area (Å²) in [7, 11) is 0. The van der Waals surface area contributed by atoms with Gasteiger partial charge in [-0.3, -0.25) is 4.79 Å². The van der Waals surface area contributed by atoms with E-state index in [0.29, 0.717) is 6.42 Å². The Morgan fingerprint density at radius 3 is 2.64 bits per heavy atom. The normalized spacial score (nSPS) is 11.9. The van der Waals surface area contributed by atoms with Crippen LogP contribution in [0.2, 0.25) is 0 Å². The van der Waals surface area contributed by atoms with Crippen LogP contribution in [-0.2, 0) is 11.2 Å². The number of anilines is 1. The first kappa shape index (κ1) is 16.2. The van der Waals surface area contributed by atoms with E-state index in [1.807, 2.05) is 37.4 Å².